The summed E-state index contributed by atoms with van der Waals surface area (Å²) in [5, 5.41) is 5.39. The SMILES string of the molecule is CC(C)CCCCNC1CC(=O)NC1=O. The Labute approximate surface area is 90.8 Å². The van der Waals surface area contributed by atoms with Crippen molar-refractivity contribution in [3.05, 3.63) is 0 Å². The zero-order valence-electron chi connectivity index (χ0n) is 9.51. The predicted molar refractivity (Wildman–Crippen MR) is 58.2 cm³/mol. The van der Waals surface area contributed by atoms with Gasteiger partial charge in [-0.1, -0.05) is 26.7 Å². The van der Waals surface area contributed by atoms with Crippen molar-refractivity contribution in [1.82, 2.24) is 10.6 Å². The van der Waals surface area contributed by atoms with Gasteiger partial charge in [0.1, 0.15) is 0 Å². The van der Waals surface area contributed by atoms with E-state index < -0.39 is 0 Å². The lowest BCUT2D eigenvalue weighted by Gasteiger charge is -2.09. The van der Waals surface area contributed by atoms with Gasteiger partial charge in [-0.25, -0.2) is 0 Å². The maximum Gasteiger partial charge on any atom is 0.244 e. The fourth-order valence-corrected chi connectivity index (χ4v) is 1.67. The molecule has 1 atom stereocenters. The van der Waals surface area contributed by atoms with Crippen molar-refractivity contribution >= 4 is 11.8 Å². The molecule has 2 amide bonds. The molecule has 1 saturated heterocycles. The molecule has 0 bridgehead atoms. The lowest BCUT2D eigenvalue weighted by Crippen LogP contribution is -2.36. The Bertz CT molecular complexity index is 239. The number of carbonyl (C=O) groups excluding carboxylic acids is 2. The monoisotopic (exact) mass is 212 g/mol. The third-order valence-corrected chi connectivity index (χ3v) is 2.57. The molecule has 0 spiro atoms. The van der Waals surface area contributed by atoms with E-state index in [2.05, 4.69) is 24.5 Å². The fourth-order valence-electron chi connectivity index (χ4n) is 1.67. The second-order valence-corrected chi connectivity index (χ2v) is 4.51. The Kier molecular flexibility index (Phi) is 4.75. The Morgan fingerprint density at radius 1 is 1.40 bits per heavy atom. The molecule has 4 nitrogen and oxygen atoms in total. The van der Waals surface area contributed by atoms with E-state index in [1.54, 1.807) is 0 Å². The smallest absolute Gasteiger partial charge is 0.244 e. The van der Waals surface area contributed by atoms with Crippen LogP contribution in [0.25, 0.3) is 0 Å². The summed E-state index contributed by atoms with van der Waals surface area (Å²) in [4.78, 5) is 22.0. The molecule has 1 aliphatic rings. The van der Waals surface area contributed by atoms with Crippen molar-refractivity contribution in [3.63, 3.8) is 0 Å². The zero-order chi connectivity index (χ0) is 11.3. The number of unbranched alkanes of at least 4 members (excludes halogenated alkanes) is 1. The average molecular weight is 212 g/mol. The molecule has 2 N–H and O–H groups in total. The average Bonchev–Trinajstić information content (AvgIpc) is 2.44. The molecule has 1 aliphatic heterocycles. The Hall–Kier alpha value is -0.900. The molecule has 1 heterocycles. The van der Waals surface area contributed by atoms with Crippen molar-refractivity contribution in [1.29, 1.82) is 0 Å². The first-order valence-electron chi connectivity index (χ1n) is 5.66. The third-order valence-electron chi connectivity index (χ3n) is 2.57. The van der Waals surface area contributed by atoms with Gasteiger partial charge in [-0.05, 0) is 18.9 Å². The molecule has 15 heavy (non-hydrogen) atoms. The minimum Gasteiger partial charge on any atom is -0.305 e. The summed E-state index contributed by atoms with van der Waals surface area (Å²) >= 11 is 0. The van der Waals surface area contributed by atoms with E-state index >= 15 is 0 Å². The van der Waals surface area contributed by atoms with Crippen LogP contribution in [-0.2, 0) is 9.59 Å². The molecule has 0 saturated carbocycles. The minimum atomic E-state index is -0.295. The number of amides is 2. The van der Waals surface area contributed by atoms with Gasteiger partial charge in [0.15, 0.2) is 0 Å². The highest BCUT2D eigenvalue weighted by Gasteiger charge is 2.29. The highest BCUT2D eigenvalue weighted by molar-refractivity contribution is 6.05. The van der Waals surface area contributed by atoms with Crippen molar-refractivity contribution in [2.45, 2.75) is 45.6 Å². The first kappa shape index (κ1) is 12.2. The summed E-state index contributed by atoms with van der Waals surface area (Å²) in [6, 6.07) is -0.295. The van der Waals surface area contributed by atoms with Crippen molar-refractivity contribution in [2.24, 2.45) is 5.92 Å². The number of hydrogen-bond donors (Lipinski definition) is 2. The van der Waals surface area contributed by atoms with Crippen molar-refractivity contribution < 1.29 is 9.59 Å². The molecular formula is C11H20N2O2. The molecule has 1 fully saturated rings. The van der Waals surface area contributed by atoms with Gasteiger partial charge in [0.05, 0.1) is 12.5 Å². The highest BCUT2D eigenvalue weighted by atomic mass is 16.2. The highest BCUT2D eigenvalue weighted by Crippen LogP contribution is 2.06. The van der Waals surface area contributed by atoms with E-state index in [4.69, 9.17) is 0 Å². The van der Waals surface area contributed by atoms with Gasteiger partial charge in [-0.3, -0.25) is 14.9 Å². The molecule has 0 aromatic heterocycles. The number of imide groups is 1. The molecule has 1 unspecified atom stereocenters. The van der Waals surface area contributed by atoms with E-state index in [1.807, 2.05) is 0 Å². The van der Waals surface area contributed by atoms with Crippen LogP contribution in [0.2, 0.25) is 0 Å². The standard InChI is InChI=1S/C11H20N2O2/c1-8(2)5-3-4-6-12-9-7-10(14)13-11(9)15/h8-9,12H,3-7H2,1-2H3,(H,13,14,15). The Morgan fingerprint density at radius 3 is 2.67 bits per heavy atom. The summed E-state index contributed by atoms with van der Waals surface area (Å²) in [6.07, 6.45) is 3.75. The molecule has 0 radical (unpaired) electrons. The topological polar surface area (TPSA) is 58.2 Å². The van der Waals surface area contributed by atoms with Gasteiger partial charge < -0.3 is 5.32 Å². The van der Waals surface area contributed by atoms with Crippen LogP contribution in [0.5, 0.6) is 0 Å². The number of carbonyl (C=O) groups is 2. The largest absolute Gasteiger partial charge is 0.305 e. The van der Waals surface area contributed by atoms with Crippen LogP contribution in [0.1, 0.15) is 39.5 Å². The normalized spacial score (nSPS) is 21.1. The molecule has 0 aromatic rings. The van der Waals surface area contributed by atoms with Gasteiger partial charge in [0, 0.05) is 0 Å². The van der Waals surface area contributed by atoms with Gasteiger partial charge in [0.2, 0.25) is 11.8 Å². The van der Waals surface area contributed by atoms with Gasteiger partial charge in [0.25, 0.3) is 0 Å². The van der Waals surface area contributed by atoms with Gasteiger partial charge in [-0.15, -0.1) is 0 Å². The van der Waals surface area contributed by atoms with Crippen molar-refractivity contribution in [2.75, 3.05) is 6.54 Å². The van der Waals surface area contributed by atoms with E-state index in [0.29, 0.717) is 6.42 Å². The Morgan fingerprint density at radius 2 is 2.13 bits per heavy atom. The minimum absolute atomic E-state index is 0.167. The number of rotatable bonds is 6. The van der Waals surface area contributed by atoms with E-state index in [1.165, 1.54) is 12.8 Å². The van der Waals surface area contributed by atoms with E-state index in [-0.39, 0.29) is 17.9 Å². The summed E-state index contributed by atoms with van der Waals surface area (Å²) in [7, 11) is 0. The summed E-state index contributed by atoms with van der Waals surface area (Å²) in [5.74, 6) is 0.393. The van der Waals surface area contributed by atoms with Crippen molar-refractivity contribution in [3.8, 4) is 0 Å². The van der Waals surface area contributed by atoms with E-state index in [0.717, 1.165) is 18.9 Å². The lowest BCUT2D eigenvalue weighted by atomic mass is 10.1. The summed E-state index contributed by atoms with van der Waals surface area (Å²) < 4.78 is 0. The Balaban J connectivity index is 2.05. The van der Waals surface area contributed by atoms with Crippen LogP contribution in [0.15, 0.2) is 0 Å². The van der Waals surface area contributed by atoms with Crippen LogP contribution >= 0.6 is 0 Å². The molecule has 1 rings (SSSR count). The first-order valence-corrected chi connectivity index (χ1v) is 5.66. The molecular weight excluding hydrogens is 192 g/mol. The fraction of sp³-hybridized carbons (Fsp3) is 0.818. The summed E-state index contributed by atoms with van der Waals surface area (Å²) in [6.45, 7) is 5.23. The third kappa shape index (κ3) is 4.42. The van der Waals surface area contributed by atoms with Crippen LogP contribution in [0, 0.1) is 5.92 Å². The quantitative estimate of drug-likeness (QED) is 0.506. The van der Waals surface area contributed by atoms with Crippen LogP contribution in [-0.4, -0.2) is 24.4 Å². The van der Waals surface area contributed by atoms with E-state index in [9.17, 15) is 9.59 Å². The maximum absolute atomic E-state index is 11.2. The second-order valence-electron chi connectivity index (χ2n) is 4.51. The lowest BCUT2D eigenvalue weighted by molar-refractivity contribution is -0.125. The predicted octanol–water partition coefficient (Wildman–Crippen LogP) is 0.817. The van der Waals surface area contributed by atoms with Crippen LogP contribution in [0.3, 0.4) is 0 Å². The van der Waals surface area contributed by atoms with Crippen LogP contribution in [0.4, 0.5) is 0 Å². The molecule has 86 valence electrons. The van der Waals surface area contributed by atoms with Gasteiger partial charge >= 0.3 is 0 Å². The van der Waals surface area contributed by atoms with Crippen LogP contribution < -0.4 is 10.6 Å². The molecule has 4 heteroatoms. The molecule has 0 aromatic carbocycles. The zero-order valence-corrected chi connectivity index (χ0v) is 9.51. The number of hydrogen-bond acceptors (Lipinski definition) is 3. The number of nitrogens with one attached hydrogen (secondary N) is 2. The maximum atomic E-state index is 11.2. The second kappa shape index (κ2) is 5.85. The first-order chi connectivity index (χ1) is 7.09. The van der Waals surface area contributed by atoms with Gasteiger partial charge in [-0.2, -0.15) is 0 Å². The summed E-state index contributed by atoms with van der Waals surface area (Å²) in [5.41, 5.74) is 0. The molecule has 0 aliphatic carbocycles.